The number of nitrogens with two attached hydrogens (primary N) is 1. The highest BCUT2D eigenvalue weighted by Crippen LogP contribution is 2.22. The minimum Gasteiger partial charge on any atom is -0.389 e. The van der Waals surface area contributed by atoms with Crippen molar-refractivity contribution in [2.45, 2.75) is 11.0 Å². The van der Waals surface area contributed by atoms with Crippen LogP contribution in [0.15, 0.2) is 29.2 Å². The number of hydrazine groups is 1. The van der Waals surface area contributed by atoms with Gasteiger partial charge < -0.3 is 15.3 Å². The lowest BCUT2D eigenvalue weighted by Gasteiger charge is -2.21. The maximum absolute atomic E-state index is 12.3. The van der Waals surface area contributed by atoms with Gasteiger partial charge in [0.25, 0.3) is 0 Å². The molecule has 0 aromatic heterocycles. The second kappa shape index (κ2) is 6.83. The molecule has 1 unspecified atom stereocenters. The van der Waals surface area contributed by atoms with Gasteiger partial charge in [0.05, 0.1) is 18.4 Å². The number of anilines is 1. The third-order valence-corrected chi connectivity index (χ3v) is 4.44. The van der Waals surface area contributed by atoms with Crippen LogP contribution in [-0.2, 0) is 14.8 Å². The Labute approximate surface area is 113 Å². The zero-order chi connectivity index (χ0) is 14.5. The van der Waals surface area contributed by atoms with Crippen LogP contribution in [0.25, 0.3) is 0 Å². The van der Waals surface area contributed by atoms with Crippen molar-refractivity contribution in [3.8, 4) is 0 Å². The molecule has 1 rings (SSSR count). The van der Waals surface area contributed by atoms with Crippen molar-refractivity contribution < 1.29 is 18.3 Å². The van der Waals surface area contributed by atoms with E-state index in [-0.39, 0.29) is 18.0 Å². The number of aliphatic hydroxyl groups is 1. The number of hydrogen-bond acceptors (Lipinski definition) is 6. The summed E-state index contributed by atoms with van der Waals surface area (Å²) in [5.74, 6) is 5.29. The van der Waals surface area contributed by atoms with Gasteiger partial charge in [-0.05, 0) is 12.1 Å². The van der Waals surface area contributed by atoms with Crippen LogP contribution in [0.2, 0.25) is 0 Å². The quantitative estimate of drug-likeness (QED) is 0.466. The molecule has 0 amide bonds. The van der Waals surface area contributed by atoms with Crippen LogP contribution in [0.5, 0.6) is 0 Å². The third kappa shape index (κ3) is 3.88. The molecule has 8 heteroatoms. The Bertz CT molecular complexity index is 506. The minimum atomic E-state index is -3.72. The van der Waals surface area contributed by atoms with E-state index in [4.69, 9.17) is 10.6 Å². The summed E-state index contributed by atoms with van der Waals surface area (Å²) in [6.07, 6.45) is -0.886. The predicted octanol–water partition coefficient (Wildman–Crippen LogP) is -0.400. The Kier molecular flexibility index (Phi) is 5.70. The number of para-hydroxylation sites is 1. The smallest absolute Gasteiger partial charge is 0.245 e. The number of hydrogen-bond donors (Lipinski definition) is 3. The SMILES string of the molecule is COCC(O)CN(C)S(=O)(=O)c1ccccc1NN. The first-order valence-corrected chi connectivity index (χ1v) is 7.06. The Morgan fingerprint density at radius 2 is 2.11 bits per heavy atom. The number of likely N-dealkylation sites (N-methyl/N-ethyl adjacent to an activating group) is 1. The molecule has 0 aliphatic carbocycles. The molecule has 0 saturated carbocycles. The number of ether oxygens (including phenoxy) is 1. The normalized spacial score (nSPS) is 13.5. The molecule has 0 aliphatic rings. The Morgan fingerprint density at radius 3 is 2.68 bits per heavy atom. The number of methoxy groups -OCH3 is 1. The molecule has 108 valence electrons. The predicted molar refractivity (Wildman–Crippen MR) is 72.0 cm³/mol. The van der Waals surface area contributed by atoms with Crippen molar-refractivity contribution in [2.75, 3.05) is 32.7 Å². The molecule has 0 saturated heterocycles. The molecule has 0 aliphatic heterocycles. The molecule has 19 heavy (non-hydrogen) atoms. The maximum Gasteiger partial charge on any atom is 0.245 e. The van der Waals surface area contributed by atoms with Crippen LogP contribution in [-0.4, -0.2) is 51.2 Å². The van der Waals surface area contributed by atoms with E-state index in [2.05, 4.69) is 5.43 Å². The molecule has 0 fully saturated rings. The van der Waals surface area contributed by atoms with Gasteiger partial charge in [-0.3, -0.25) is 5.84 Å². The summed E-state index contributed by atoms with van der Waals surface area (Å²) in [5.41, 5.74) is 2.64. The van der Waals surface area contributed by atoms with Gasteiger partial charge in [-0.15, -0.1) is 0 Å². The van der Waals surface area contributed by atoms with Crippen molar-refractivity contribution >= 4 is 15.7 Å². The molecular weight excluding hydrogens is 270 g/mol. The molecule has 7 nitrogen and oxygen atoms in total. The summed E-state index contributed by atoms with van der Waals surface area (Å²) in [4.78, 5) is 0.0598. The van der Waals surface area contributed by atoms with Gasteiger partial charge in [-0.1, -0.05) is 12.1 Å². The van der Waals surface area contributed by atoms with Crippen molar-refractivity contribution in [3.05, 3.63) is 24.3 Å². The van der Waals surface area contributed by atoms with Crippen LogP contribution in [0, 0.1) is 0 Å². The van der Waals surface area contributed by atoms with E-state index < -0.39 is 16.1 Å². The number of nitrogens with one attached hydrogen (secondary N) is 1. The molecule has 0 bridgehead atoms. The van der Waals surface area contributed by atoms with E-state index in [1.807, 2.05) is 0 Å². The fourth-order valence-electron chi connectivity index (χ4n) is 1.62. The fraction of sp³-hybridized carbons (Fsp3) is 0.455. The first-order valence-electron chi connectivity index (χ1n) is 5.62. The first kappa shape index (κ1) is 15.9. The van der Waals surface area contributed by atoms with E-state index in [1.54, 1.807) is 18.2 Å². The zero-order valence-corrected chi connectivity index (χ0v) is 11.7. The van der Waals surface area contributed by atoms with Gasteiger partial charge in [-0.2, -0.15) is 4.31 Å². The average Bonchev–Trinajstić information content (AvgIpc) is 2.38. The van der Waals surface area contributed by atoms with E-state index in [9.17, 15) is 13.5 Å². The second-order valence-electron chi connectivity index (χ2n) is 4.04. The fourth-order valence-corrected chi connectivity index (χ4v) is 2.98. The Morgan fingerprint density at radius 1 is 1.47 bits per heavy atom. The number of nitrogen functional groups attached to an aromatic ring is 1. The lowest BCUT2D eigenvalue weighted by Crippen LogP contribution is -2.36. The van der Waals surface area contributed by atoms with Gasteiger partial charge in [0, 0.05) is 20.7 Å². The first-order chi connectivity index (χ1) is 8.93. The topological polar surface area (TPSA) is 105 Å². The number of nitrogens with zero attached hydrogens (tertiary/aromatic N) is 1. The molecule has 0 spiro atoms. The molecule has 1 aromatic rings. The lowest BCUT2D eigenvalue weighted by atomic mass is 10.3. The van der Waals surface area contributed by atoms with Crippen LogP contribution >= 0.6 is 0 Å². The van der Waals surface area contributed by atoms with E-state index in [0.29, 0.717) is 5.69 Å². The summed E-state index contributed by atoms with van der Waals surface area (Å²) in [6, 6.07) is 6.29. The van der Waals surface area contributed by atoms with Gasteiger partial charge in [0.1, 0.15) is 4.90 Å². The monoisotopic (exact) mass is 289 g/mol. The summed E-state index contributed by atoms with van der Waals surface area (Å²) in [6.45, 7) is 0.00568. The number of rotatable bonds is 7. The van der Waals surface area contributed by atoms with Crippen molar-refractivity contribution in [1.29, 1.82) is 0 Å². The third-order valence-electron chi connectivity index (χ3n) is 2.56. The van der Waals surface area contributed by atoms with Crippen LogP contribution < -0.4 is 11.3 Å². The standard InChI is InChI=1S/C11H19N3O4S/c1-14(7-9(15)8-18-2)19(16,17)11-6-4-3-5-10(11)13-12/h3-6,9,13,15H,7-8,12H2,1-2H3. The summed E-state index contributed by atoms with van der Waals surface area (Å²) in [5, 5.41) is 9.58. The summed E-state index contributed by atoms with van der Waals surface area (Å²) in [7, 11) is -0.894. The molecule has 1 aromatic carbocycles. The largest absolute Gasteiger partial charge is 0.389 e. The van der Waals surface area contributed by atoms with Crippen molar-refractivity contribution in [2.24, 2.45) is 5.84 Å². The average molecular weight is 289 g/mol. The van der Waals surface area contributed by atoms with E-state index in [1.165, 1.54) is 20.2 Å². The highest BCUT2D eigenvalue weighted by atomic mass is 32.2. The van der Waals surface area contributed by atoms with Crippen LogP contribution in [0.4, 0.5) is 5.69 Å². The molecule has 4 N–H and O–H groups in total. The lowest BCUT2D eigenvalue weighted by molar-refractivity contribution is 0.0554. The van der Waals surface area contributed by atoms with Crippen LogP contribution in [0.1, 0.15) is 0 Å². The molecule has 1 atom stereocenters. The molecule has 0 radical (unpaired) electrons. The van der Waals surface area contributed by atoms with E-state index in [0.717, 1.165) is 4.31 Å². The summed E-state index contributed by atoms with van der Waals surface area (Å²) < 4.78 is 30.5. The highest BCUT2D eigenvalue weighted by molar-refractivity contribution is 7.89. The minimum absolute atomic E-state index is 0.0598. The van der Waals surface area contributed by atoms with Crippen molar-refractivity contribution in [3.63, 3.8) is 0 Å². The van der Waals surface area contributed by atoms with Gasteiger partial charge >= 0.3 is 0 Å². The number of aliphatic hydroxyl groups excluding tert-OH is 1. The number of benzene rings is 1. The van der Waals surface area contributed by atoms with Gasteiger partial charge in [-0.25, -0.2) is 8.42 Å². The highest BCUT2D eigenvalue weighted by Gasteiger charge is 2.25. The number of sulfonamides is 1. The van der Waals surface area contributed by atoms with Gasteiger partial charge in [0.2, 0.25) is 10.0 Å². The summed E-state index contributed by atoms with van der Waals surface area (Å²) >= 11 is 0. The van der Waals surface area contributed by atoms with Gasteiger partial charge in [0.15, 0.2) is 0 Å². The Hall–Kier alpha value is -1.19. The maximum atomic E-state index is 12.3. The molecular formula is C11H19N3O4S. The zero-order valence-electron chi connectivity index (χ0n) is 10.9. The Balaban J connectivity index is 2.97. The van der Waals surface area contributed by atoms with Crippen LogP contribution in [0.3, 0.4) is 0 Å². The van der Waals surface area contributed by atoms with Crippen molar-refractivity contribution in [1.82, 2.24) is 4.31 Å². The molecule has 0 heterocycles. The second-order valence-corrected chi connectivity index (χ2v) is 6.05. The van der Waals surface area contributed by atoms with E-state index >= 15 is 0 Å².